The van der Waals surface area contributed by atoms with Crippen molar-refractivity contribution in [2.24, 2.45) is 11.1 Å². The number of carbonyl (C=O) groups is 3. The van der Waals surface area contributed by atoms with E-state index in [-0.39, 0.29) is 19.0 Å². The Morgan fingerprint density at radius 3 is 2.56 bits per heavy atom. The number of urea groups is 1. The molecule has 1 saturated heterocycles. The van der Waals surface area contributed by atoms with E-state index in [4.69, 9.17) is 10.8 Å². The highest BCUT2D eigenvalue weighted by Gasteiger charge is 2.40. The minimum absolute atomic E-state index is 0.132. The van der Waals surface area contributed by atoms with Gasteiger partial charge in [-0.25, -0.2) is 4.79 Å². The molecular formula is C11H19N3O4. The summed E-state index contributed by atoms with van der Waals surface area (Å²) in [5.41, 5.74) is 4.60. The summed E-state index contributed by atoms with van der Waals surface area (Å²) in [6.07, 6.45) is 0.399. The summed E-state index contributed by atoms with van der Waals surface area (Å²) in [4.78, 5) is 35.0. The Balaban J connectivity index is 2.50. The maximum atomic E-state index is 11.8. The molecule has 1 rings (SSSR count). The monoisotopic (exact) mass is 257 g/mol. The topological polar surface area (TPSA) is 113 Å². The molecule has 1 aliphatic rings. The van der Waals surface area contributed by atoms with Crippen LogP contribution >= 0.6 is 0 Å². The third-order valence-electron chi connectivity index (χ3n) is 3.21. The number of nitrogens with two attached hydrogens (primary N) is 1. The molecule has 0 radical (unpaired) electrons. The number of likely N-dealkylation sites (tertiary alicyclic amines) is 1. The van der Waals surface area contributed by atoms with E-state index in [0.29, 0.717) is 13.0 Å². The molecule has 0 bridgehead atoms. The lowest BCUT2D eigenvalue weighted by Gasteiger charge is -2.22. The summed E-state index contributed by atoms with van der Waals surface area (Å²) < 4.78 is 0. The Morgan fingerprint density at radius 1 is 1.50 bits per heavy atom. The Hall–Kier alpha value is -1.79. The largest absolute Gasteiger partial charge is 0.481 e. The van der Waals surface area contributed by atoms with Gasteiger partial charge in [-0.1, -0.05) is 0 Å². The third kappa shape index (κ3) is 3.35. The van der Waals surface area contributed by atoms with Gasteiger partial charge in [0.2, 0.25) is 5.91 Å². The van der Waals surface area contributed by atoms with Crippen molar-refractivity contribution >= 4 is 17.9 Å². The van der Waals surface area contributed by atoms with Crippen molar-refractivity contribution in [2.75, 3.05) is 13.1 Å². The number of nitrogens with one attached hydrogen (secondary N) is 1. The van der Waals surface area contributed by atoms with Crippen LogP contribution in [0.3, 0.4) is 0 Å². The molecule has 3 amide bonds. The molecule has 1 aliphatic heterocycles. The molecule has 7 heteroatoms. The summed E-state index contributed by atoms with van der Waals surface area (Å²) in [5, 5.41) is 11.2. The van der Waals surface area contributed by atoms with Crippen LogP contribution < -0.4 is 11.1 Å². The summed E-state index contributed by atoms with van der Waals surface area (Å²) in [6, 6.07) is -0.802. The van der Waals surface area contributed by atoms with Gasteiger partial charge in [0, 0.05) is 19.1 Å². The minimum Gasteiger partial charge on any atom is -0.481 e. The van der Waals surface area contributed by atoms with Crippen molar-refractivity contribution in [3.63, 3.8) is 0 Å². The molecule has 0 saturated carbocycles. The molecule has 102 valence electrons. The Labute approximate surface area is 105 Å². The van der Waals surface area contributed by atoms with E-state index in [9.17, 15) is 14.4 Å². The number of nitrogens with zero attached hydrogens (tertiary/aromatic N) is 1. The molecule has 4 N–H and O–H groups in total. The van der Waals surface area contributed by atoms with Gasteiger partial charge in [-0.15, -0.1) is 0 Å². The van der Waals surface area contributed by atoms with Crippen molar-refractivity contribution in [1.29, 1.82) is 0 Å². The average molecular weight is 257 g/mol. The highest BCUT2D eigenvalue weighted by atomic mass is 16.4. The number of carboxylic acids is 1. The van der Waals surface area contributed by atoms with Gasteiger partial charge in [-0.05, 0) is 20.3 Å². The normalized spacial score (nSPS) is 24.7. The molecule has 2 unspecified atom stereocenters. The highest BCUT2D eigenvalue weighted by molar-refractivity contribution is 5.83. The summed E-state index contributed by atoms with van der Waals surface area (Å²) >= 11 is 0. The highest BCUT2D eigenvalue weighted by Crippen LogP contribution is 2.29. The zero-order valence-corrected chi connectivity index (χ0v) is 10.6. The smallest absolute Gasteiger partial charge is 0.317 e. The fraction of sp³-hybridized carbons (Fsp3) is 0.727. The number of primary amides is 1. The third-order valence-corrected chi connectivity index (χ3v) is 3.21. The van der Waals surface area contributed by atoms with Gasteiger partial charge in [0.25, 0.3) is 0 Å². The van der Waals surface area contributed by atoms with E-state index in [1.807, 2.05) is 0 Å². The Morgan fingerprint density at radius 2 is 2.11 bits per heavy atom. The van der Waals surface area contributed by atoms with Crippen molar-refractivity contribution < 1.29 is 19.5 Å². The van der Waals surface area contributed by atoms with E-state index in [0.717, 1.165) is 0 Å². The predicted octanol–water partition coefficient (Wildman–Crippen LogP) is -0.243. The van der Waals surface area contributed by atoms with Crippen LogP contribution in [-0.2, 0) is 9.59 Å². The van der Waals surface area contributed by atoms with Crippen molar-refractivity contribution in [1.82, 2.24) is 10.2 Å². The molecule has 18 heavy (non-hydrogen) atoms. The van der Waals surface area contributed by atoms with Gasteiger partial charge in [-0.3, -0.25) is 9.59 Å². The van der Waals surface area contributed by atoms with Crippen molar-refractivity contribution in [3.8, 4) is 0 Å². The molecule has 0 aromatic heterocycles. The number of rotatable bonds is 4. The van der Waals surface area contributed by atoms with Gasteiger partial charge in [-0.2, -0.15) is 0 Å². The van der Waals surface area contributed by atoms with E-state index in [2.05, 4.69) is 5.32 Å². The molecule has 0 spiro atoms. The van der Waals surface area contributed by atoms with Crippen LogP contribution in [0.5, 0.6) is 0 Å². The maximum absolute atomic E-state index is 11.8. The predicted molar refractivity (Wildman–Crippen MR) is 63.7 cm³/mol. The first-order valence-corrected chi connectivity index (χ1v) is 5.82. The zero-order valence-electron chi connectivity index (χ0n) is 10.6. The quantitative estimate of drug-likeness (QED) is 0.644. The number of hydrogen-bond donors (Lipinski definition) is 3. The second kappa shape index (κ2) is 5.24. The molecule has 0 aliphatic carbocycles. The number of carboxylic acid groups (broad SMARTS) is 1. The Kier molecular flexibility index (Phi) is 4.15. The minimum atomic E-state index is -0.966. The lowest BCUT2D eigenvalue weighted by atomic mass is 9.89. The van der Waals surface area contributed by atoms with E-state index >= 15 is 0 Å². The van der Waals surface area contributed by atoms with Crippen LogP contribution in [0.15, 0.2) is 0 Å². The number of carbonyl (C=O) groups excluding carboxylic acids is 2. The van der Waals surface area contributed by atoms with Gasteiger partial charge in [0.05, 0.1) is 11.8 Å². The first kappa shape index (κ1) is 14.3. The summed E-state index contributed by atoms with van der Waals surface area (Å²) in [7, 11) is 0. The molecule has 2 atom stereocenters. The van der Waals surface area contributed by atoms with Crippen LogP contribution in [0, 0.1) is 5.41 Å². The molecule has 7 nitrogen and oxygen atoms in total. The second-order valence-corrected chi connectivity index (χ2v) is 5.04. The van der Waals surface area contributed by atoms with Crippen LogP contribution in [0.25, 0.3) is 0 Å². The lowest BCUT2D eigenvalue weighted by Crippen LogP contribution is -2.45. The van der Waals surface area contributed by atoms with Crippen LogP contribution in [-0.4, -0.2) is 47.0 Å². The fourth-order valence-electron chi connectivity index (χ4n) is 1.95. The first-order chi connectivity index (χ1) is 8.24. The van der Waals surface area contributed by atoms with Crippen LogP contribution in [0.4, 0.5) is 4.79 Å². The molecular weight excluding hydrogens is 238 g/mol. The standard InChI is InChI=1S/C11H19N3O4/c1-7(5-8(15)16)13-10(18)14-4-3-11(2,6-14)9(12)17/h7H,3-6H2,1-2H3,(H2,12,17)(H,13,18)(H,15,16). The Bertz CT molecular complexity index is 371. The molecule has 0 aromatic carbocycles. The van der Waals surface area contributed by atoms with E-state index in [1.165, 1.54) is 4.90 Å². The van der Waals surface area contributed by atoms with Gasteiger partial charge >= 0.3 is 12.0 Å². The average Bonchev–Trinajstić information content (AvgIpc) is 2.61. The van der Waals surface area contributed by atoms with Crippen LogP contribution in [0.2, 0.25) is 0 Å². The first-order valence-electron chi connectivity index (χ1n) is 5.82. The number of amides is 3. The molecule has 1 heterocycles. The lowest BCUT2D eigenvalue weighted by molar-refractivity contribution is -0.137. The number of aliphatic carboxylic acids is 1. The van der Waals surface area contributed by atoms with Gasteiger partial charge < -0.3 is 21.1 Å². The maximum Gasteiger partial charge on any atom is 0.317 e. The second-order valence-electron chi connectivity index (χ2n) is 5.04. The SMILES string of the molecule is CC(CC(=O)O)NC(=O)N1CCC(C)(C(N)=O)C1. The molecule has 0 aromatic rings. The summed E-state index contributed by atoms with van der Waals surface area (Å²) in [6.45, 7) is 4.07. The van der Waals surface area contributed by atoms with E-state index < -0.39 is 23.3 Å². The van der Waals surface area contributed by atoms with Gasteiger partial charge in [0.1, 0.15) is 0 Å². The van der Waals surface area contributed by atoms with Gasteiger partial charge in [0.15, 0.2) is 0 Å². The van der Waals surface area contributed by atoms with Crippen LogP contribution in [0.1, 0.15) is 26.7 Å². The number of hydrogen-bond acceptors (Lipinski definition) is 3. The van der Waals surface area contributed by atoms with E-state index in [1.54, 1.807) is 13.8 Å². The van der Waals surface area contributed by atoms with Crippen molar-refractivity contribution in [3.05, 3.63) is 0 Å². The molecule has 1 fully saturated rings. The van der Waals surface area contributed by atoms with Crippen molar-refractivity contribution in [2.45, 2.75) is 32.7 Å². The zero-order chi connectivity index (χ0) is 13.9. The fourth-order valence-corrected chi connectivity index (χ4v) is 1.95. The summed E-state index contributed by atoms with van der Waals surface area (Å²) in [5.74, 6) is -1.39.